The molecular formula is C15H26N2O2. The molecule has 0 amide bonds. The Morgan fingerprint density at radius 1 is 1.53 bits per heavy atom. The Labute approximate surface area is 116 Å². The maximum absolute atomic E-state index is 6.02. The summed E-state index contributed by atoms with van der Waals surface area (Å²) in [5.74, 6) is 0. The van der Waals surface area contributed by atoms with Crippen molar-refractivity contribution in [2.75, 3.05) is 20.3 Å². The molecule has 1 aliphatic rings. The molecule has 0 aromatic carbocycles. The minimum absolute atomic E-state index is 0.0579. The minimum atomic E-state index is 0.0579. The van der Waals surface area contributed by atoms with Gasteiger partial charge in [0, 0.05) is 39.1 Å². The normalized spacial score (nSPS) is 21.9. The number of hydrogen-bond acceptors (Lipinski definition) is 3. The molecule has 0 bridgehead atoms. The summed E-state index contributed by atoms with van der Waals surface area (Å²) in [6.45, 7) is 7.85. The van der Waals surface area contributed by atoms with Crippen molar-refractivity contribution in [1.29, 1.82) is 0 Å². The third-order valence-electron chi connectivity index (χ3n) is 3.59. The molecule has 2 rings (SSSR count). The largest absolute Gasteiger partial charge is 0.383 e. The predicted molar refractivity (Wildman–Crippen MR) is 76.2 cm³/mol. The Hall–Kier alpha value is -0.840. The van der Waals surface area contributed by atoms with Gasteiger partial charge in [0.25, 0.3) is 0 Å². The van der Waals surface area contributed by atoms with E-state index in [1.807, 2.05) is 0 Å². The van der Waals surface area contributed by atoms with E-state index in [9.17, 15) is 0 Å². The van der Waals surface area contributed by atoms with Crippen LogP contribution in [0.3, 0.4) is 0 Å². The van der Waals surface area contributed by atoms with Crippen LogP contribution in [0.2, 0.25) is 0 Å². The van der Waals surface area contributed by atoms with E-state index in [2.05, 4.69) is 42.2 Å². The van der Waals surface area contributed by atoms with Gasteiger partial charge < -0.3 is 19.4 Å². The first kappa shape index (κ1) is 14.6. The van der Waals surface area contributed by atoms with Crippen LogP contribution in [-0.4, -0.2) is 36.5 Å². The summed E-state index contributed by atoms with van der Waals surface area (Å²) >= 11 is 0. The first-order chi connectivity index (χ1) is 9.09. The highest BCUT2D eigenvalue weighted by molar-refractivity contribution is 5.10. The van der Waals surface area contributed by atoms with Crippen LogP contribution >= 0.6 is 0 Å². The standard InChI is InChI=1S/C15H26N2O2/c1-15(2)6-4-14(19-15)12-17-8-5-13(11-17)10-16-7-9-18-3/h5,8,11,14,16H,4,6-7,9-10,12H2,1-3H3. The summed E-state index contributed by atoms with van der Waals surface area (Å²) in [7, 11) is 1.72. The fraction of sp³-hybridized carbons (Fsp3) is 0.733. The molecule has 0 radical (unpaired) electrons. The quantitative estimate of drug-likeness (QED) is 0.768. The maximum atomic E-state index is 6.02. The van der Waals surface area contributed by atoms with Crippen molar-refractivity contribution in [3.8, 4) is 0 Å². The van der Waals surface area contributed by atoms with Gasteiger partial charge in [-0.3, -0.25) is 0 Å². The second kappa shape index (κ2) is 6.55. The second-order valence-corrected chi connectivity index (χ2v) is 5.92. The molecule has 1 saturated heterocycles. The van der Waals surface area contributed by atoms with E-state index in [0.717, 1.165) is 39.1 Å². The van der Waals surface area contributed by atoms with E-state index in [-0.39, 0.29) is 5.60 Å². The Morgan fingerprint density at radius 2 is 2.37 bits per heavy atom. The Kier molecular flexibility index (Phi) is 5.02. The first-order valence-electron chi connectivity index (χ1n) is 7.11. The van der Waals surface area contributed by atoms with Crippen molar-refractivity contribution in [3.63, 3.8) is 0 Å². The number of methoxy groups -OCH3 is 1. The molecule has 0 spiro atoms. The molecule has 0 aliphatic carbocycles. The third-order valence-corrected chi connectivity index (χ3v) is 3.59. The SMILES string of the molecule is COCCNCc1ccn(CC2CCC(C)(C)O2)c1. The molecule has 108 valence electrons. The van der Waals surface area contributed by atoms with Crippen LogP contribution in [0.15, 0.2) is 18.5 Å². The Morgan fingerprint density at radius 3 is 3.05 bits per heavy atom. The van der Waals surface area contributed by atoms with Crippen molar-refractivity contribution in [2.24, 2.45) is 0 Å². The zero-order valence-corrected chi connectivity index (χ0v) is 12.3. The van der Waals surface area contributed by atoms with E-state index >= 15 is 0 Å². The Balaban J connectivity index is 1.75. The second-order valence-electron chi connectivity index (χ2n) is 5.92. The van der Waals surface area contributed by atoms with Crippen molar-refractivity contribution in [2.45, 2.75) is 51.5 Å². The van der Waals surface area contributed by atoms with Gasteiger partial charge in [-0.2, -0.15) is 0 Å². The molecule has 1 aromatic heterocycles. The predicted octanol–water partition coefficient (Wildman–Crippen LogP) is 2.18. The van der Waals surface area contributed by atoms with Gasteiger partial charge in [-0.1, -0.05) is 0 Å². The lowest BCUT2D eigenvalue weighted by molar-refractivity contribution is -0.0216. The number of aromatic nitrogens is 1. The maximum Gasteiger partial charge on any atom is 0.0762 e. The van der Waals surface area contributed by atoms with Gasteiger partial charge >= 0.3 is 0 Å². The number of nitrogens with one attached hydrogen (secondary N) is 1. The van der Waals surface area contributed by atoms with E-state index in [1.165, 1.54) is 5.56 Å². The lowest BCUT2D eigenvalue weighted by atomic mass is 10.1. The molecule has 1 unspecified atom stereocenters. The van der Waals surface area contributed by atoms with Gasteiger partial charge in [-0.25, -0.2) is 0 Å². The summed E-state index contributed by atoms with van der Waals surface area (Å²) in [4.78, 5) is 0. The fourth-order valence-corrected chi connectivity index (χ4v) is 2.56. The van der Waals surface area contributed by atoms with Crippen LogP contribution in [0.4, 0.5) is 0 Å². The molecular weight excluding hydrogens is 240 g/mol. The lowest BCUT2D eigenvalue weighted by Gasteiger charge is -2.19. The van der Waals surface area contributed by atoms with Crippen LogP contribution in [-0.2, 0) is 22.6 Å². The van der Waals surface area contributed by atoms with Gasteiger partial charge in [0.1, 0.15) is 0 Å². The Bertz CT molecular complexity index is 387. The van der Waals surface area contributed by atoms with Gasteiger partial charge in [0.2, 0.25) is 0 Å². The van der Waals surface area contributed by atoms with Crippen molar-refractivity contribution >= 4 is 0 Å². The van der Waals surface area contributed by atoms with Crippen molar-refractivity contribution in [3.05, 3.63) is 24.0 Å². The zero-order valence-electron chi connectivity index (χ0n) is 12.3. The van der Waals surface area contributed by atoms with E-state index < -0.39 is 0 Å². The molecule has 19 heavy (non-hydrogen) atoms. The molecule has 1 atom stereocenters. The summed E-state index contributed by atoms with van der Waals surface area (Å²) in [6, 6.07) is 2.17. The number of nitrogens with zero attached hydrogens (tertiary/aromatic N) is 1. The average molecular weight is 266 g/mol. The van der Waals surface area contributed by atoms with Gasteiger partial charge in [0.05, 0.1) is 18.3 Å². The molecule has 4 nitrogen and oxygen atoms in total. The summed E-state index contributed by atoms with van der Waals surface area (Å²) in [5, 5.41) is 3.35. The van der Waals surface area contributed by atoms with E-state index in [4.69, 9.17) is 9.47 Å². The van der Waals surface area contributed by atoms with Crippen LogP contribution in [0, 0.1) is 0 Å². The fourth-order valence-electron chi connectivity index (χ4n) is 2.56. The number of hydrogen-bond donors (Lipinski definition) is 1. The van der Waals surface area contributed by atoms with Crippen LogP contribution < -0.4 is 5.32 Å². The first-order valence-corrected chi connectivity index (χ1v) is 7.11. The van der Waals surface area contributed by atoms with E-state index in [1.54, 1.807) is 7.11 Å². The summed E-state index contributed by atoms with van der Waals surface area (Å²) in [5.41, 5.74) is 1.37. The molecule has 0 saturated carbocycles. The summed E-state index contributed by atoms with van der Waals surface area (Å²) in [6.07, 6.45) is 7.02. The van der Waals surface area contributed by atoms with Gasteiger partial charge in [-0.05, 0) is 38.3 Å². The smallest absolute Gasteiger partial charge is 0.0762 e. The molecule has 2 heterocycles. The van der Waals surface area contributed by atoms with Crippen molar-refractivity contribution in [1.82, 2.24) is 9.88 Å². The van der Waals surface area contributed by atoms with E-state index in [0.29, 0.717) is 6.10 Å². The lowest BCUT2D eigenvalue weighted by Crippen LogP contribution is -2.22. The third kappa shape index (κ3) is 4.64. The number of ether oxygens (including phenoxy) is 2. The van der Waals surface area contributed by atoms with Crippen molar-refractivity contribution < 1.29 is 9.47 Å². The van der Waals surface area contributed by atoms with Gasteiger partial charge in [0.15, 0.2) is 0 Å². The highest BCUT2D eigenvalue weighted by atomic mass is 16.5. The van der Waals surface area contributed by atoms with Crippen LogP contribution in [0.25, 0.3) is 0 Å². The average Bonchev–Trinajstić information content (AvgIpc) is 2.92. The molecule has 1 aliphatic heterocycles. The van der Waals surface area contributed by atoms with Crippen LogP contribution in [0.1, 0.15) is 32.3 Å². The molecule has 1 N–H and O–H groups in total. The molecule has 1 aromatic rings. The molecule has 1 fully saturated rings. The van der Waals surface area contributed by atoms with Gasteiger partial charge in [-0.15, -0.1) is 0 Å². The number of rotatable bonds is 7. The monoisotopic (exact) mass is 266 g/mol. The molecule has 4 heteroatoms. The highest BCUT2D eigenvalue weighted by Gasteiger charge is 2.31. The van der Waals surface area contributed by atoms with Crippen LogP contribution in [0.5, 0.6) is 0 Å². The topological polar surface area (TPSA) is 35.4 Å². The highest BCUT2D eigenvalue weighted by Crippen LogP contribution is 2.30. The minimum Gasteiger partial charge on any atom is -0.383 e. The zero-order chi connectivity index (χ0) is 13.7. The summed E-state index contributed by atoms with van der Waals surface area (Å²) < 4.78 is 13.3.